The highest BCUT2D eigenvalue weighted by molar-refractivity contribution is 5.93. The predicted octanol–water partition coefficient (Wildman–Crippen LogP) is 4.29. The van der Waals surface area contributed by atoms with Crippen molar-refractivity contribution in [3.63, 3.8) is 0 Å². The first-order valence-corrected chi connectivity index (χ1v) is 8.80. The van der Waals surface area contributed by atoms with E-state index >= 15 is 0 Å². The Labute approximate surface area is 160 Å². The molecule has 0 aliphatic carbocycles. The molecule has 1 heterocycles. The number of rotatable bonds is 6. The maximum Gasteiger partial charge on any atom is 0.419 e. The Hall–Kier alpha value is -2.58. The van der Waals surface area contributed by atoms with Crippen LogP contribution in [0.3, 0.4) is 0 Å². The molecule has 0 spiro atoms. The molecule has 1 fully saturated rings. The third-order valence-electron chi connectivity index (χ3n) is 4.38. The second kappa shape index (κ2) is 8.62. The number of amides is 1. The Morgan fingerprint density at radius 3 is 2.39 bits per heavy atom. The Morgan fingerprint density at radius 1 is 1.11 bits per heavy atom. The van der Waals surface area contributed by atoms with E-state index in [1.807, 2.05) is 0 Å². The summed E-state index contributed by atoms with van der Waals surface area (Å²) in [6, 6.07) is 9.35. The molecule has 2 aromatic rings. The lowest BCUT2D eigenvalue weighted by molar-refractivity contribution is -0.138. The SMILES string of the molecule is NC(=O)c1ccc(C(F)(F)F)c(Oc2ccc(COC3CCOCC3)cc2)c1. The average Bonchev–Trinajstić information content (AvgIpc) is 2.67. The van der Waals surface area contributed by atoms with Crippen LogP contribution in [-0.4, -0.2) is 25.2 Å². The zero-order valence-electron chi connectivity index (χ0n) is 15.0. The molecule has 0 aromatic heterocycles. The molecule has 2 aromatic carbocycles. The van der Waals surface area contributed by atoms with Gasteiger partial charge in [0.1, 0.15) is 11.5 Å². The quantitative estimate of drug-likeness (QED) is 0.792. The molecule has 1 amide bonds. The van der Waals surface area contributed by atoms with Crippen molar-refractivity contribution in [1.82, 2.24) is 0 Å². The first-order chi connectivity index (χ1) is 13.3. The van der Waals surface area contributed by atoms with Crippen molar-refractivity contribution in [2.24, 2.45) is 5.73 Å². The van der Waals surface area contributed by atoms with Gasteiger partial charge in [-0.3, -0.25) is 4.79 Å². The minimum absolute atomic E-state index is 0.0653. The van der Waals surface area contributed by atoms with Gasteiger partial charge in [-0.2, -0.15) is 13.2 Å². The minimum atomic E-state index is -4.62. The largest absolute Gasteiger partial charge is 0.457 e. The predicted molar refractivity (Wildman–Crippen MR) is 95.1 cm³/mol. The van der Waals surface area contributed by atoms with E-state index < -0.39 is 23.4 Å². The topological polar surface area (TPSA) is 70.8 Å². The first-order valence-electron chi connectivity index (χ1n) is 8.80. The van der Waals surface area contributed by atoms with E-state index in [4.69, 9.17) is 19.9 Å². The van der Waals surface area contributed by atoms with Crippen molar-refractivity contribution in [2.75, 3.05) is 13.2 Å². The zero-order valence-corrected chi connectivity index (χ0v) is 15.0. The fourth-order valence-corrected chi connectivity index (χ4v) is 2.83. The molecule has 0 unspecified atom stereocenters. The molecule has 1 aliphatic heterocycles. The van der Waals surface area contributed by atoms with E-state index in [1.165, 1.54) is 0 Å². The molecule has 3 rings (SSSR count). The molecule has 0 saturated carbocycles. The highest BCUT2D eigenvalue weighted by Crippen LogP contribution is 2.38. The van der Waals surface area contributed by atoms with E-state index in [1.54, 1.807) is 24.3 Å². The van der Waals surface area contributed by atoms with Gasteiger partial charge in [-0.25, -0.2) is 0 Å². The summed E-state index contributed by atoms with van der Waals surface area (Å²) in [6.07, 6.45) is -2.78. The van der Waals surface area contributed by atoms with Crippen LogP contribution >= 0.6 is 0 Å². The van der Waals surface area contributed by atoms with E-state index in [2.05, 4.69) is 0 Å². The number of primary amides is 1. The van der Waals surface area contributed by atoms with Crippen LogP contribution in [0.25, 0.3) is 0 Å². The third kappa shape index (κ3) is 5.24. The number of halogens is 3. The van der Waals surface area contributed by atoms with Crippen molar-refractivity contribution in [3.05, 3.63) is 59.2 Å². The number of alkyl halides is 3. The summed E-state index contributed by atoms with van der Waals surface area (Å²) in [5, 5.41) is 0. The molecule has 8 heteroatoms. The smallest absolute Gasteiger partial charge is 0.419 e. The molecule has 5 nitrogen and oxygen atoms in total. The van der Waals surface area contributed by atoms with E-state index in [9.17, 15) is 18.0 Å². The molecule has 0 radical (unpaired) electrons. The molecular weight excluding hydrogens is 375 g/mol. The number of carbonyl (C=O) groups excluding carboxylic acids is 1. The molecule has 0 bridgehead atoms. The lowest BCUT2D eigenvalue weighted by Gasteiger charge is -2.22. The van der Waals surface area contributed by atoms with Crippen molar-refractivity contribution < 1.29 is 32.2 Å². The van der Waals surface area contributed by atoms with Crippen LogP contribution < -0.4 is 10.5 Å². The fraction of sp³-hybridized carbons (Fsp3) is 0.350. The van der Waals surface area contributed by atoms with E-state index in [0.29, 0.717) is 19.8 Å². The van der Waals surface area contributed by atoms with Gasteiger partial charge in [-0.1, -0.05) is 12.1 Å². The van der Waals surface area contributed by atoms with Crippen LogP contribution in [0.4, 0.5) is 13.2 Å². The van der Waals surface area contributed by atoms with Gasteiger partial charge in [0.2, 0.25) is 5.91 Å². The minimum Gasteiger partial charge on any atom is -0.457 e. The summed E-state index contributed by atoms with van der Waals surface area (Å²) in [5.41, 5.74) is 4.98. The molecule has 0 atom stereocenters. The Morgan fingerprint density at radius 2 is 1.79 bits per heavy atom. The number of carbonyl (C=O) groups is 1. The standard InChI is InChI=1S/C20H20F3NO4/c21-20(22,23)17-6-3-14(19(24)25)11-18(17)28-16-4-1-13(2-5-16)12-27-15-7-9-26-10-8-15/h1-6,11,15H,7-10,12H2,(H2,24,25). The maximum atomic E-state index is 13.2. The first kappa shape index (κ1) is 20.2. The molecule has 2 N–H and O–H groups in total. The van der Waals surface area contributed by atoms with E-state index in [0.717, 1.165) is 36.6 Å². The summed E-state index contributed by atoms with van der Waals surface area (Å²) in [7, 11) is 0. The van der Waals surface area contributed by atoms with Gasteiger partial charge < -0.3 is 19.9 Å². The van der Waals surface area contributed by atoms with Crippen LogP contribution in [0, 0.1) is 0 Å². The Balaban J connectivity index is 1.70. The van der Waals surface area contributed by atoms with Crippen LogP contribution in [0.15, 0.2) is 42.5 Å². The second-order valence-corrected chi connectivity index (χ2v) is 6.44. The van der Waals surface area contributed by atoms with Crippen molar-refractivity contribution >= 4 is 5.91 Å². The fourth-order valence-electron chi connectivity index (χ4n) is 2.83. The van der Waals surface area contributed by atoms with E-state index in [-0.39, 0.29) is 17.4 Å². The normalized spacial score (nSPS) is 15.4. The van der Waals surface area contributed by atoms with Gasteiger partial charge in [0.05, 0.1) is 18.3 Å². The van der Waals surface area contributed by atoms with Crippen molar-refractivity contribution in [2.45, 2.75) is 31.7 Å². The number of nitrogens with two attached hydrogens (primary N) is 1. The van der Waals surface area contributed by atoms with Crippen LogP contribution in [0.2, 0.25) is 0 Å². The van der Waals surface area contributed by atoms with Crippen LogP contribution in [0.1, 0.15) is 34.3 Å². The summed E-state index contributed by atoms with van der Waals surface area (Å²) in [5.74, 6) is -1.10. The molecular formula is C20H20F3NO4. The number of benzene rings is 2. The highest BCUT2D eigenvalue weighted by atomic mass is 19.4. The summed E-state index contributed by atoms with van der Waals surface area (Å²) < 4.78 is 56.1. The summed E-state index contributed by atoms with van der Waals surface area (Å²) in [4.78, 5) is 11.3. The number of ether oxygens (including phenoxy) is 3. The average molecular weight is 395 g/mol. The van der Waals surface area contributed by atoms with Gasteiger partial charge in [-0.15, -0.1) is 0 Å². The van der Waals surface area contributed by atoms with Gasteiger partial charge in [0.15, 0.2) is 0 Å². The van der Waals surface area contributed by atoms with Crippen LogP contribution in [0.5, 0.6) is 11.5 Å². The Kier molecular flexibility index (Phi) is 6.21. The van der Waals surface area contributed by atoms with Crippen LogP contribution in [-0.2, 0) is 22.3 Å². The lowest BCUT2D eigenvalue weighted by atomic mass is 10.1. The molecule has 150 valence electrons. The monoisotopic (exact) mass is 395 g/mol. The highest BCUT2D eigenvalue weighted by Gasteiger charge is 2.35. The number of hydrogen-bond donors (Lipinski definition) is 1. The van der Waals surface area contributed by atoms with Crippen molar-refractivity contribution in [3.8, 4) is 11.5 Å². The molecule has 1 aliphatic rings. The maximum absolute atomic E-state index is 13.2. The number of hydrogen-bond acceptors (Lipinski definition) is 4. The molecule has 28 heavy (non-hydrogen) atoms. The van der Waals surface area contributed by atoms with Gasteiger partial charge >= 0.3 is 6.18 Å². The molecule has 1 saturated heterocycles. The lowest BCUT2D eigenvalue weighted by Crippen LogP contribution is -2.23. The van der Waals surface area contributed by atoms with Gasteiger partial charge in [-0.05, 0) is 48.7 Å². The third-order valence-corrected chi connectivity index (χ3v) is 4.38. The second-order valence-electron chi connectivity index (χ2n) is 6.44. The van der Waals surface area contributed by atoms with Gasteiger partial charge in [0, 0.05) is 18.8 Å². The van der Waals surface area contributed by atoms with Gasteiger partial charge in [0.25, 0.3) is 0 Å². The summed E-state index contributed by atoms with van der Waals surface area (Å²) >= 11 is 0. The van der Waals surface area contributed by atoms with Crippen molar-refractivity contribution in [1.29, 1.82) is 0 Å². The Bertz CT molecular complexity index is 815. The summed E-state index contributed by atoms with van der Waals surface area (Å²) in [6.45, 7) is 1.77. The zero-order chi connectivity index (χ0) is 20.1.